The predicted octanol–water partition coefficient (Wildman–Crippen LogP) is 5.24. The quantitative estimate of drug-likeness (QED) is 0.233. The molecule has 1 saturated heterocycles. The first-order chi connectivity index (χ1) is 18.9. The fraction of sp³-hybridized carbons (Fsp3) is 0.688. The van der Waals surface area contributed by atoms with Gasteiger partial charge >= 0.3 is 5.97 Å². The summed E-state index contributed by atoms with van der Waals surface area (Å²) in [4.78, 5) is 33.0. The fourth-order valence-electron chi connectivity index (χ4n) is 6.32. The van der Waals surface area contributed by atoms with Crippen LogP contribution in [0.15, 0.2) is 29.8 Å². The Hall–Kier alpha value is -2.58. The molecular formula is C32H51N3O5. The number of ether oxygens (including phenoxy) is 2. The van der Waals surface area contributed by atoms with E-state index in [0.29, 0.717) is 24.5 Å². The molecule has 8 nitrogen and oxygen atoms in total. The zero-order chi connectivity index (χ0) is 29.4. The highest BCUT2D eigenvalue weighted by molar-refractivity contribution is 5.79. The van der Waals surface area contributed by atoms with Crippen molar-refractivity contribution in [3.8, 4) is 11.5 Å². The van der Waals surface area contributed by atoms with Gasteiger partial charge in [0.1, 0.15) is 0 Å². The first kappa shape index (κ1) is 31.9. The van der Waals surface area contributed by atoms with Gasteiger partial charge in [-0.3, -0.25) is 14.5 Å². The van der Waals surface area contributed by atoms with Crippen LogP contribution in [0.2, 0.25) is 0 Å². The Morgan fingerprint density at radius 3 is 2.40 bits per heavy atom. The van der Waals surface area contributed by atoms with Crippen molar-refractivity contribution in [3.63, 3.8) is 0 Å². The molecule has 0 spiro atoms. The Bertz CT molecular complexity index is 1030. The zero-order valence-corrected chi connectivity index (χ0v) is 25.7. The number of allylic oxidation sites excluding steroid dienone is 2. The molecule has 3 rings (SSSR count). The van der Waals surface area contributed by atoms with Crippen LogP contribution in [0.5, 0.6) is 11.5 Å². The van der Waals surface area contributed by atoms with Crippen LogP contribution in [-0.2, 0) is 9.59 Å². The molecule has 0 unspecified atom stereocenters. The number of rotatable bonds is 15. The van der Waals surface area contributed by atoms with Crippen molar-refractivity contribution in [2.45, 2.75) is 78.7 Å². The van der Waals surface area contributed by atoms with Gasteiger partial charge in [-0.05, 0) is 83.3 Å². The molecule has 0 bridgehead atoms. The molecule has 2 aliphatic rings. The molecule has 0 radical (unpaired) electrons. The lowest BCUT2D eigenvalue weighted by Gasteiger charge is -2.34. The van der Waals surface area contributed by atoms with Crippen LogP contribution >= 0.6 is 0 Å². The Kier molecular flexibility index (Phi) is 11.5. The van der Waals surface area contributed by atoms with E-state index in [1.165, 1.54) is 5.57 Å². The number of benzene rings is 1. The Morgan fingerprint density at radius 2 is 1.75 bits per heavy atom. The molecule has 8 heteroatoms. The normalized spacial score (nSPS) is 20.6. The van der Waals surface area contributed by atoms with Crippen molar-refractivity contribution < 1.29 is 24.2 Å². The van der Waals surface area contributed by atoms with Crippen molar-refractivity contribution in [1.29, 1.82) is 0 Å². The number of likely N-dealkylation sites (tertiary alicyclic amines) is 1. The van der Waals surface area contributed by atoms with Gasteiger partial charge in [-0.1, -0.05) is 44.9 Å². The molecule has 2 aliphatic heterocycles. The maximum Gasteiger partial charge on any atom is 0.308 e. The molecule has 1 fully saturated rings. The van der Waals surface area contributed by atoms with Gasteiger partial charge in [0.2, 0.25) is 12.7 Å². The molecule has 40 heavy (non-hydrogen) atoms. The SMILES string of the molecule is CCCCN(CCCCN(C)C)C(=O)CN1C[C@H](c2ccc3c(c2)OCO3)[C@@H](C(=O)O)[C@@H]1CC(C)(C)C=C(C)C. The minimum absolute atomic E-state index is 0.0961. The number of hydrogen-bond acceptors (Lipinski definition) is 6. The Balaban J connectivity index is 1.88. The van der Waals surface area contributed by atoms with E-state index in [1.54, 1.807) is 0 Å². The summed E-state index contributed by atoms with van der Waals surface area (Å²) in [7, 11) is 4.14. The van der Waals surface area contributed by atoms with Crippen molar-refractivity contribution in [1.82, 2.24) is 14.7 Å². The number of hydrogen-bond donors (Lipinski definition) is 1. The number of aliphatic carboxylic acids is 1. The van der Waals surface area contributed by atoms with E-state index in [1.807, 2.05) is 23.1 Å². The number of fused-ring (bicyclic) bond motifs is 1. The van der Waals surface area contributed by atoms with Gasteiger partial charge in [-0.25, -0.2) is 0 Å². The largest absolute Gasteiger partial charge is 0.481 e. The lowest BCUT2D eigenvalue weighted by atomic mass is 9.77. The lowest BCUT2D eigenvalue weighted by molar-refractivity contribution is -0.144. The van der Waals surface area contributed by atoms with Crippen LogP contribution in [0.4, 0.5) is 0 Å². The number of carbonyl (C=O) groups excluding carboxylic acids is 1. The number of nitrogens with zero attached hydrogens (tertiary/aromatic N) is 3. The van der Waals surface area contributed by atoms with Crippen LogP contribution in [0.25, 0.3) is 0 Å². The summed E-state index contributed by atoms with van der Waals surface area (Å²) < 4.78 is 11.1. The number of unbranched alkanes of at least 4 members (excludes halogenated alkanes) is 2. The highest BCUT2D eigenvalue weighted by Gasteiger charge is 2.48. The Morgan fingerprint density at radius 1 is 1.07 bits per heavy atom. The summed E-state index contributed by atoms with van der Waals surface area (Å²) in [6, 6.07) is 5.47. The minimum Gasteiger partial charge on any atom is -0.481 e. The van der Waals surface area contributed by atoms with Gasteiger partial charge in [0.25, 0.3) is 0 Å². The van der Waals surface area contributed by atoms with Gasteiger partial charge in [0.15, 0.2) is 11.5 Å². The van der Waals surface area contributed by atoms with E-state index in [9.17, 15) is 14.7 Å². The third kappa shape index (κ3) is 8.71. The minimum atomic E-state index is -0.817. The van der Waals surface area contributed by atoms with Gasteiger partial charge in [0.05, 0.1) is 12.5 Å². The predicted molar refractivity (Wildman–Crippen MR) is 159 cm³/mol. The van der Waals surface area contributed by atoms with Crippen molar-refractivity contribution in [2.24, 2.45) is 11.3 Å². The van der Waals surface area contributed by atoms with Crippen LogP contribution in [0.3, 0.4) is 0 Å². The van der Waals surface area contributed by atoms with Crippen molar-refractivity contribution in [3.05, 3.63) is 35.4 Å². The van der Waals surface area contributed by atoms with Gasteiger partial charge < -0.3 is 24.4 Å². The number of carbonyl (C=O) groups is 2. The molecule has 0 aromatic heterocycles. The van der Waals surface area contributed by atoms with E-state index >= 15 is 0 Å². The second-order valence-electron chi connectivity index (χ2n) is 12.7. The van der Waals surface area contributed by atoms with Crippen LogP contribution in [-0.4, -0.2) is 91.3 Å². The van der Waals surface area contributed by atoms with Gasteiger partial charge in [-0.15, -0.1) is 0 Å². The third-order valence-corrected chi connectivity index (χ3v) is 8.03. The molecule has 1 N–H and O–H groups in total. The summed E-state index contributed by atoms with van der Waals surface area (Å²) in [6.07, 6.45) is 6.87. The van der Waals surface area contributed by atoms with E-state index in [4.69, 9.17) is 9.47 Å². The summed E-state index contributed by atoms with van der Waals surface area (Å²) in [6.45, 7) is 14.0. The topological polar surface area (TPSA) is 82.5 Å². The first-order valence-electron chi connectivity index (χ1n) is 14.9. The van der Waals surface area contributed by atoms with Crippen LogP contribution in [0, 0.1) is 11.3 Å². The molecular weight excluding hydrogens is 506 g/mol. The van der Waals surface area contributed by atoms with E-state index in [0.717, 1.165) is 50.9 Å². The van der Waals surface area contributed by atoms with Crippen LogP contribution in [0.1, 0.15) is 78.2 Å². The summed E-state index contributed by atoms with van der Waals surface area (Å²) in [5.41, 5.74) is 1.91. The molecule has 1 aromatic carbocycles. The molecule has 3 atom stereocenters. The highest BCUT2D eigenvalue weighted by atomic mass is 16.7. The van der Waals surface area contributed by atoms with E-state index < -0.39 is 11.9 Å². The second-order valence-corrected chi connectivity index (χ2v) is 12.7. The van der Waals surface area contributed by atoms with Crippen molar-refractivity contribution in [2.75, 3.05) is 53.6 Å². The smallest absolute Gasteiger partial charge is 0.308 e. The van der Waals surface area contributed by atoms with Crippen molar-refractivity contribution >= 4 is 11.9 Å². The average molecular weight is 558 g/mol. The highest BCUT2D eigenvalue weighted by Crippen LogP contribution is 2.45. The van der Waals surface area contributed by atoms with Gasteiger partial charge in [0, 0.05) is 31.6 Å². The molecule has 0 aliphatic carbocycles. The maximum atomic E-state index is 13.8. The monoisotopic (exact) mass is 557 g/mol. The number of carboxylic acid groups (broad SMARTS) is 1. The number of amides is 1. The molecule has 224 valence electrons. The van der Waals surface area contributed by atoms with Crippen LogP contribution < -0.4 is 9.47 Å². The zero-order valence-electron chi connectivity index (χ0n) is 25.7. The summed E-state index contributed by atoms with van der Waals surface area (Å²) in [5, 5.41) is 10.6. The second kappa shape index (κ2) is 14.4. The van der Waals surface area contributed by atoms with Gasteiger partial charge in [-0.2, -0.15) is 0 Å². The Labute approximate surface area is 241 Å². The van der Waals surface area contributed by atoms with E-state index in [2.05, 4.69) is 64.6 Å². The summed E-state index contributed by atoms with van der Waals surface area (Å²) in [5.74, 6) is -0.275. The molecule has 1 aromatic rings. The lowest BCUT2D eigenvalue weighted by Crippen LogP contribution is -2.46. The standard InChI is InChI=1S/C32H51N3O5/c1-8-9-15-34(16-11-10-14-33(6)7)29(36)21-35-20-25(24-12-13-27-28(17-24)40-22-39-27)30(31(37)38)26(35)19-32(4,5)18-23(2)3/h12-13,17-18,25-26,30H,8-11,14-16,19-22H2,1-7H3,(H,37,38)/t25-,26+,30-/m1/s1. The average Bonchev–Trinajstić information content (AvgIpc) is 3.46. The van der Waals surface area contributed by atoms with E-state index in [-0.39, 0.29) is 36.6 Å². The summed E-state index contributed by atoms with van der Waals surface area (Å²) >= 11 is 0. The molecule has 2 heterocycles. The first-order valence-corrected chi connectivity index (χ1v) is 14.9. The molecule has 1 amide bonds. The molecule has 0 saturated carbocycles. The third-order valence-electron chi connectivity index (χ3n) is 8.03. The number of carboxylic acids is 1. The fourth-order valence-corrected chi connectivity index (χ4v) is 6.32. The maximum absolute atomic E-state index is 13.8.